The molecule has 0 amide bonds. The molecule has 4 heteroatoms. The standard InChI is InChI=1S/C39H70O4/c1-4-6-8-10-31-12-18-34(19-13-31)36-22-16-33(17-23-36)29-42-43-30(3)28-41-39(40)38-26-24-37(25-27-38)35-20-14-32(15-21-35)11-9-7-5-2/h30-38H,4-29H2,1-3H3. The molecule has 43 heavy (non-hydrogen) atoms. The lowest BCUT2D eigenvalue weighted by Gasteiger charge is -2.37. The van der Waals surface area contributed by atoms with E-state index in [0.29, 0.717) is 19.1 Å². The monoisotopic (exact) mass is 603 g/mol. The van der Waals surface area contributed by atoms with E-state index in [4.69, 9.17) is 14.5 Å². The predicted octanol–water partition coefficient (Wildman–Crippen LogP) is 11.3. The lowest BCUT2D eigenvalue weighted by Crippen LogP contribution is -2.30. The highest BCUT2D eigenvalue weighted by Gasteiger charge is 2.34. The highest BCUT2D eigenvalue weighted by Crippen LogP contribution is 2.44. The lowest BCUT2D eigenvalue weighted by atomic mass is 9.68. The number of unbranched alkanes of at least 4 members (excludes halogenated alkanes) is 4. The summed E-state index contributed by atoms with van der Waals surface area (Å²) in [6.07, 6.45) is 32.5. The molecule has 0 aliphatic heterocycles. The zero-order chi connectivity index (χ0) is 30.3. The fourth-order valence-electron chi connectivity index (χ4n) is 9.51. The van der Waals surface area contributed by atoms with E-state index in [9.17, 15) is 4.79 Å². The molecule has 0 saturated heterocycles. The van der Waals surface area contributed by atoms with E-state index in [0.717, 1.165) is 48.3 Å². The van der Waals surface area contributed by atoms with Crippen molar-refractivity contribution in [3.8, 4) is 0 Å². The summed E-state index contributed by atoms with van der Waals surface area (Å²) in [5.74, 6) is 6.34. The van der Waals surface area contributed by atoms with Gasteiger partial charge in [-0.1, -0.05) is 90.9 Å². The smallest absolute Gasteiger partial charge is 0.309 e. The Morgan fingerprint density at radius 1 is 0.581 bits per heavy atom. The van der Waals surface area contributed by atoms with E-state index in [1.165, 1.54) is 141 Å². The topological polar surface area (TPSA) is 44.8 Å². The quantitative estimate of drug-likeness (QED) is 0.0719. The van der Waals surface area contributed by atoms with Crippen molar-refractivity contribution in [2.75, 3.05) is 13.2 Å². The maximum absolute atomic E-state index is 12.8. The Hall–Kier alpha value is -0.610. The van der Waals surface area contributed by atoms with Gasteiger partial charge in [-0.15, -0.1) is 0 Å². The Labute approximate surface area is 266 Å². The van der Waals surface area contributed by atoms with E-state index < -0.39 is 0 Å². The van der Waals surface area contributed by atoms with Crippen molar-refractivity contribution in [2.24, 2.45) is 47.3 Å². The SMILES string of the molecule is CCCCCC1CCC(C2CCC(COOC(C)COC(=O)C3CCC(C4CCC(CCCCC)CC4)CC3)CC2)CC1. The van der Waals surface area contributed by atoms with Gasteiger partial charge in [-0.3, -0.25) is 4.79 Å². The van der Waals surface area contributed by atoms with Gasteiger partial charge in [0.1, 0.15) is 12.7 Å². The average molecular weight is 603 g/mol. The lowest BCUT2D eigenvalue weighted by molar-refractivity contribution is -0.332. The average Bonchev–Trinajstić information content (AvgIpc) is 3.05. The molecule has 0 bridgehead atoms. The van der Waals surface area contributed by atoms with Gasteiger partial charge in [-0.25, -0.2) is 9.78 Å². The molecule has 1 unspecified atom stereocenters. The van der Waals surface area contributed by atoms with E-state index >= 15 is 0 Å². The van der Waals surface area contributed by atoms with Crippen LogP contribution in [0.4, 0.5) is 0 Å². The summed E-state index contributed by atoms with van der Waals surface area (Å²) in [5, 5.41) is 0. The second-order valence-electron chi connectivity index (χ2n) is 15.8. The summed E-state index contributed by atoms with van der Waals surface area (Å²) in [4.78, 5) is 24.1. The Kier molecular flexibility index (Phi) is 16.2. The van der Waals surface area contributed by atoms with E-state index in [-0.39, 0.29) is 18.0 Å². The fraction of sp³-hybridized carbons (Fsp3) is 0.974. The van der Waals surface area contributed by atoms with Gasteiger partial charge in [0.2, 0.25) is 0 Å². The van der Waals surface area contributed by atoms with E-state index in [2.05, 4.69) is 13.8 Å². The van der Waals surface area contributed by atoms with Crippen LogP contribution in [0.25, 0.3) is 0 Å². The van der Waals surface area contributed by atoms with Crippen LogP contribution in [0, 0.1) is 47.3 Å². The van der Waals surface area contributed by atoms with Crippen LogP contribution in [0.5, 0.6) is 0 Å². The normalized spacial score (nSPS) is 34.5. The summed E-state index contributed by atoms with van der Waals surface area (Å²) >= 11 is 0. The Morgan fingerprint density at radius 2 is 1.00 bits per heavy atom. The van der Waals surface area contributed by atoms with Gasteiger partial charge in [0.25, 0.3) is 0 Å². The fourth-order valence-corrected chi connectivity index (χ4v) is 9.51. The summed E-state index contributed by atoms with van der Waals surface area (Å²) in [5.41, 5.74) is 0. The van der Waals surface area contributed by atoms with Crippen molar-refractivity contribution in [3.05, 3.63) is 0 Å². The molecule has 4 saturated carbocycles. The molecule has 0 aromatic rings. The third-order valence-corrected chi connectivity index (χ3v) is 12.5. The van der Waals surface area contributed by atoms with Crippen LogP contribution in [0.15, 0.2) is 0 Å². The molecule has 0 radical (unpaired) electrons. The van der Waals surface area contributed by atoms with Gasteiger partial charge >= 0.3 is 5.97 Å². The van der Waals surface area contributed by atoms with Crippen LogP contribution in [-0.2, 0) is 19.3 Å². The molecule has 250 valence electrons. The van der Waals surface area contributed by atoms with Gasteiger partial charge in [0.15, 0.2) is 0 Å². The molecular weight excluding hydrogens is 532 g/mol. The molecule has 0 heterocycles. The van der Waals surface area contributed by atoms with Crippen molar-refractivity contribution in [1.29, 1.82) is 0 Å². The van der Waals surface area contributed by atoms with Crippen molar-refractivity contribution >= 4 is 5.97 Å². The second kappa shape index (κ2) is 19.8. The number of carbonyl (C=O) groups excluding carboxylic acids is 1. The summed E-state index contributed by atoms with van der Waals surface area (Å²) in [6.45, 7) is 7.55. The molecule has 0 spiro atoms. The third-order valence-electron chi connectivity index (χ3n) is 12.5. The van der Waals surface area contributed by atoms with Gasteiger partial charge in [-0.2, -0.15) is 0 Å². The molecule has 4 aliphatic rings. The van der Waals surface area contributed by atoms with E-state index in [1.807, 2.05) is 6.92 Å². The highest BCUT2D eigenvalue weighted by molar-refractivity contribution is 5.72. The highest BCUT2D eigenvalue weighted by atomic mass is 17.2. The molecule has 4 rings (SSSR count). The van der Waals surface area contributed by atoms with Crippen LogP contribution in [0.1, 0.15) is 175 Å². The van der Waals surface area contributed by atoms with Gasteiger partial charge < -0.3 is 4.74 Å². The van der Waals surface area contributed by atoms with Crippen LogP contribution in [0.2, 0.25) is 0 Å². The van der Waals surface area contributed by atoms with Crippen LogP contribution >= 0.6 is 0 Å². The maximum atomic E-state index is 12.8. The second-order valence-corrected chi connectivity index (χ2v) is 15.8. The molecule has 0 aromatic carbocycles. The number of ether oxygens (including phenoxy) is 1. The maximum Gasteiger partial charge on any atom is 0.309 e. The van der Waals surface area contributed by atoms with Crippen molar-refractivity contribution in [3.63, 3.8) is 0 Å². The third kappa shape index (κ3) is 12.3. The van der Waals surface area contributed by atoms with Gasteiger partial charge in [0, 0.05) is 0 Å². The zero-order valence-corrected chi connectivity index (χ0v) is 28.7. The largest absolute Gasteiger partial charge is 0.463 e. The van der Waals surface area contributed by atoms with Crippen molar-refractivity contribution in [2.45, 2.75) is 181 Å². The first kappa shape index (κ1) is 35.2. The van der Waals surface area contributed by atoms with Gasteiger partial charge in [0.05, 0.1) is 12.5 Å². The minimum Gasteiger partial charge on any atom is -0.463 e. The predicted molar refractivity (Wildman–Crippen MR) is 178 cm³/mol. The number of hydrogen-bond acceptors (Lipinski definition) is 4. The molecule has 4 nitrogen and oxygen atoms in total. The number of carbonyl (C=O) groups is 1. The number of rotatable bonds is 17. The summed E-state index contributed by atoms with van der Waals surface area (Å²) in [7, 11) is 0. The van der Waals surface area contributed by atoms with Crippen LogP contribution < -0.4 is 0 Å². The Balaban J connectivity index is 0.996. The summed E-state index contributed by atoms with van der Waals surface area (Å²) < 4.78 is 5.70. The minimum atomic E-state index is -0.211. The molecule has 4 aliphatic carbocycles. The first-order valence-corrected chi connectivity index (χ1v) is 19.5. The Morgan fingerprint density at radius 3 is 1.44 bits per heavy atom. The Bertz CT molecular complexity index is 722. The number of hydrogen-bond donors (Lipinski definition) is 0. The minimum absolute atomic E-state index is 0.0122. The van der Waals surface area contributed by atoms with Gasteiger partial charge in [-0.05, 0) is 125 Å². The molecular formula is C39H70O4. The van der Waals surface area contributed by atoms with E-state index in [1.54, 1.807) is 0 Å². The van der Waals surface area contributed by atoms with Crippen molar-refractivity contribution < 1.29 is 19.3 Å². The van der Waals surface area contributed by atoms with Crippen molar-refractivity contribution in [1.82, 2.24) is 0 Å². The molecule has 1 atom stereocenters. The first-order chi connectivity index (χ1) is 21.1. The molecule has 0 aromatic heterocycles. The van der Waals surface area contributed by atoms with Crippen LogP contribution in [0.3, 0.4) is 0 Å². The number of esters is 1. The first-order valence-electron chi connectivity index (χ1n) is 19.5. The zero-order valence-electron chi connectivity index (χ0n) is 28.7. The molecule has 0 N–H and O–H groups in total. The molecule has 4 fully saturated rings. The van der Waals surface area contributed by atoms with Crippen LogP contribution in [-0.4, -0.2) is 25.3 Å². The summed E-state index contributed by atoms with van der Waals surface area (Å²) in [6, 6.07) is 0.